The Labute approximate surface area is 172 Å². The molecule has 1 aliphatic heterocycles. The molecule has 1 heterocycles. The number of anilines is 1. The predicted octanol–water partition coefficient (Wildman–Crippen LogP) is 3.66. The van der Waals surface area contributed by atoms with Crippen molar-refractivity contribution in [3.05, 3.63) is 53.1 Å². The highest BCUT2D eigenvalue weighted by Gasteiger charge is 2.35. The van der Waals surface area contributed by atoms with Crippen LogP contribution in [-0.4, -0.2) is 38.8 Å². The summed E-state index contributed by atoms with van der Waals surface area (Å²) < 4.78 is 33.2. The number of ether oxygens (including phenoxy) is 1. The van der Waals surface area contributed by atoms with Crippen LogP contribution in [-0.2, 0) is 14.8 Å². The van der Waals surface area contributed by atoms with Crippen molar-refractivity contribution in [2.75, 3.05) is 25.5 Å². The topological polar surface area (TPSA) is 75.7 Å². The molecule has 0 spiro atoms. The second kappa shape index (κ2) is 8.55. The number of nitrogens with zero attached hydrogens (tertiary/aromatic N) is 1. The lowest BCUT2D eigenvalue weighted by Gasteiger charge is -2.31. The van der Waals surface area contributed by atoms with Gasteiger partial charge in [0.2, 0.25) is 15.9 Å². The SMILES string of the molecule is COc1ccc(C)cc1S(=O)(=O)N1CCC[C@@H](C(=O)Nc2cccc(C)c2C)C1. The lowest BCUT2D eigenvalue weighted by atomic mass is 9.98. The highest BCUT2D eigenvalue weighted by molar-refractivity contribution is 7.89. The molecule has 29 heavy (non-hydrogen) atoms. The number of nitrogens with one attached hydrogen (secondary N) is 1. The maximum absolute atomic E-state index is 13.3. The Kier molecular flexibility index (Phi) is 6.29. The Bertz CT molecular complexity index is 1020. The molecule has 0 radical (unpaired) electrons. The molecule has 156 valence electrons. The van der Waals surface area contributed by atoms with E-state index in [2.05, 4.69) is 5.32 Å². The Morgan fingerprint density at radius 2 is 1.93 bits per heavy atom. The fraction of sp³-hybridized carbons (Fsp3) is 0.409. The number of amides is 1. The van der Waals surface area contributed by atoms with Crippen LogP contribution in [0.25, 0.3) is 0 Å². The number of piperidine rings is 1. The van der Waals surface area contributed by atoms with E-state index in [1.165, 1.54) is 11.4 Å². The number of methoxy groups -OCH3 is 1. The molecule has 6 nitrogen and oxygen atoms in total. The number of hydrogen-bond donors (Lipinski definition) is 1. The zero-order chi connectivity index (χ0) is 21.2. The molecule has 0 bridgehead atoms. The number of carbonyl (C=O) groups is 1. The van der Waals surface area contributed by atoms with Gasteiger partial charge in [-0.2, -0.15) is 4.31 Å². The molecule has 1 saturated heterocycles. The van der Waals surface area contributed by atoms with Gasteiger partial charge in [-0.25, -0.2) is 8.42 Å². The van der Waals surface area contributed by atoms with Crippen LogP contribution in [0.1, 0.15) is 29.5 Å². The summed E-state index contributed by atoms with van der Waals surface area (Å²) in [5, 5.41) is 2.98. The number of hydrogen-bond acceptors (Lipinski definition) is 4. The Morgan fingerprint density at radius 3 is 2.66 bits per heavy atom. The molecular formula is C22H28N2O4S. The van der Waals surface area contributed by atoms with Crippen LogP contribution in [0.5, 0.6) is 5.75 Å². The highest BCUT2D eigenvalue weighted by Crippen LogP contribution is 2.31. The third kappa shape index (κ3) is 4.46. The molecule has 1 fully saturated rings. The van der Waals surface area contributed by atoms with Gasteiger partial charge in [-0.3, -0.25) is 4.79 Å². The summed E-state index contributed by atoms with van der Waals surface area (Å²) >= 11 is 0. The molecule has 2 aromatic carbocycles. The van der Waals surface area contributed by atoms with Crippen molar-refractivity contribution >= 4 is 21.6 Å². The number of carbonyl (C=O) groups excluding carboxylic acids is 1. The molecule has 1 amide bonds. The summed E-state index contributed by atoms with van der Waals surface area (Å²) in [6.45, 7) is 6.36. The third-order valence-electron chi connectivity index (χ3n) is 5.55. The van der Waals surface area contributed by atoms with Crippen molar-refractivity contribution in [3.63, 3.8) is 0 Å². The maximum atomic E-state index is 13.3. The Balaban J connectivity index is 1.80. The molecule has 3 rings (SSSR count). The monoisotopic (exact) mass is 416 g/mol. The predicted molar refractivity (Wildman–Crippen MR) is 114 cm³/mol. The van der Waals surface area contributed by atoms with Crippen LogP contribution in [0, 0.1) is 26.7 Å². The van der Waals surface area contributed by atoms with Crippen LogP contribution >= 0.6 is 0 Å². The van der Waals surface area contributed by atoms with Crippen LogP contribution in [0.4, 0.5) is 5.69 Å². The van der Waals surface area contributed by atoms with Crippen molar-refractivity contribution in [2.45, 2.75) is 38.5 Å². The van der Waals surface area contributed by atoms with Gasteiger partial charge < -0.3 is 10.1 Å². The summed E-state index contributed by atoms with van der Waals surface area (Å²) in [5.41, 5.74) is 3.73. The minimum absolute atomic E-state index is 0.144. The molecule has 0 saturated carbocycles. The van der Waals surface area contributed by atoms with E-state index in [0.717, 1.165) is 22.4 Å². The standard InChI is InChI=1S/C22H28N2O4S/c1-15-10-11-20(28-4)21(13-15)29(26,27)24-12-6-8-18(14-24)22(25)23-19-9-5-7-16(2)17(19)3/h5,7,9-11,13,18H,6,8,12,14H2,1-4H3,(H,23,25)/t18-/m1/s1. The van der Waals surface area contributed by atoms with Crippen LogP contribution in [0.2, 0.25) is 0 Å². The van der Waals surface area contributed by atoms with Crippen LogP contribution < -0.4 is 10.1 Å². The quantitative estimate of drug-likeness (QED) is 0.807. The largest absolute Gasteiger partial charge is 0.495 e. The first-order valence-corrected chi connectivity index (χ1v) is 11.2. The second-order valence-corrected chi connectivity index (χ2v) is 9.50. The number of aryl methyl sites for hydroxylation is 2. The fourth-order valence-electron chi connectivity index (χ4n) is 3.62. The maximum Gasteiger partial charge on any atom is 0.246 e. The average molecular weight is 417 g/mol. The molecule has 7 heteroatoms. The molecule has 0 aliphatic carbocycles. The van der Waals surface area contributed by atoms with E-state index in [-0.39, 0.29) is 17.3 Å². The molecule has 0 aromatic heterocycles. The molecule has 2 aromatic rings. The summed E-state index contributed by atoms with van der Waals surface area (Å²) in [5.74, 6) is -0.221. The average Bonchev–Trinajstić information content (AvgIpc) is 2.71. The van der Waals surface area contributed by atoms with Crippen molar-refractivity contribution in [1.82, 2.24) is 4.31 Å². The van der Waals surface area contributed by atoms with E-state index in [9.17, 15) is 13.2 Å². The molecule has 0 unspecified atom stereocenters. The van der Waals surface area contributed by atoms with E-state index in [1.807, 2.05) is 45.0 Å². The number of rotatable bonds is 5. The summed E-state index contributed by atoms with van der Waals surface area (Å²) in [7, 11) is -2.29. The zero-order valence-electron chi connectivity index (χ0n) is 17.4. The van der Waals surface area contributed by atoms with Gasteiger partial charge in [0.25, 0.3) is 0 Å². The summed E-state index contributed by atoms with van der Waals surface area (Å²) in [4.78, 5) is 13.0. The van der Waals surface area contributed by atoms with Gasteiger partial charge in [0.15, 0.2) is 0 Å². The number of sulfonamides is 1. The molecule has 1 N–H and O–H groups in total. The Hall–Kier alpha value is -2.38. The minimum Gasteiger partial charge on any atom is -0.495 e. The van der Waals surface area contributed by atoms with Crippen molar-refractivity contribution in [3.8, 4) is 5.75 Å². The molecule has 1 aliphatic rings. The smallest absolute Gasteiger partial charge is 0.246 e. The fourth-order valence-corrected chi connectivity index (χ4v) is 5.38. The van der Waals surface area contributed by atoms with Crippen molar-refractivity contribution in [1.29, 1.82) is 0 Å². The lowest BCUT2D eigenvalue weighted by molar-refractivity contribution is -0.120. The van der Waals surface area contributed by atoms with E-state index in [4.69, 9.17) is 4.74 Å². The lowest BCUT2D eigenvalue weighted by Crippen LogP contribution is -2.43. The van der Waals surface area contributed by atoms with E-state index in [0.29, 0.717) is 25.1 Å². The summed E-state index contributed by atoms with van der Waals surface area (Å²) in [6.07, 6.45) is 1.30. The van der Waals surface area contributed by atoms with Gasteiger partial charge in [0.05, 0.1) is 13.0 Å². The van der Waals surface area contributed by atoms with Gasteiger partial charge in [-0.1, -0.05) is 18.2 Å². The summed E-state index contributed by atoms with van der Waals surface area (Å²) in [6, 6.07) is 10.9. The first-order chi connectivity index (χ1) is 13.7. The van der Waals surface area contributed by atoms with Crippen molar-refractivity contribution in [2.24, 2.45) is 5.92 Å². The Morgan fingerprint density at radius 1 is 1.17 bits per heavy atom. The molecular weight excluding hydrogens is 388 g/mol. The van der Waals surface area contributed by atoms with Crippen LogP contribution in [0.3, 0.4) is 0 Å². The third-order valence-corrected chi connectivity index (χ3v) is 7.44. The van der Waals surface area contributed by atoms with Gasteiger partial charge >= 0.3 is 0 Å². The van der Waals surface area contributed by atoms with Crippen LogP contribution in [0.15, 0.2) is 41.3 Å². The first-order valence-electron chi connectivity index (χ1n) is 9.76. The first kappa shape index (κ1) is 21.3. The zero-order valence-corrected chi connectivity index (χ0v) is 18.2. The minimum atomic E-state index is -3.75. The van der Waals surface area contributed by atoms with Crippen molar-refractivity contribution < 1.29 is 17.9 Å². The molecule has 1 atom stereocenters. The van der Waals surface area contributed by atoms with E-state index >= 15 is 0 Å². The number of benzene rings is 2. The van der Waals surface area contributed by atoms with Gasteiger partial charge in [0, 0.05) is 18.8 Å². The van der Waals surface area contributed by atoms with Gasteiger partial charge in [-0.15, -0.1) is 0 Å². The van der Waals surface area contributed by atoms with Gasteiger partial charge in [0.1, 0.15) is 10.6 Å². The van der Waals surface area contributed by atoms with Gasteiger partial charge in [-0.05, 0) is 68.5 Å². The normalized spacial score (nSPS) is 17.7. The second-order valence-electron chi connectivity index (χ2n) is 7.59. The highest BCUT2D eigenvalue weighted by atomic mass is 32.2. The van der Waals surface area contributed by atoms with E-state index in [1.54, 1.807) is 12.1 Å². The van der Waals surface area contributed by atoms with E-state index < -0.39 is 15.9 Å².